The maximum Gasteiger partial charge on any atom is 0.356 e. The van der Waals surface area contributed by atoms with Crippen LogP contribution in [0.1, 0.15) is 53.7 Å². The standard InChI is InChI=1S/C32H30ClN3O4S/c1-32(2,3)19-11-14-21-24(16-34)29(41-25(21)15-19)35-26(37)17-40-31(39)28-27(18-9-12-20(33)13-10-18)22-7-5-6-8-23(22)30(38)36(28)4/h5-10,12-13,19H,11,14-15,17H2,1-4H3,(H,35,37). The van der Waals surface area contributed by atoms with Crippen molar-refractivity contribution in [3.63, 3.8) is 0 Å². The van der Waals surface area contributed by atoms with Crippen LogP contribution in [0.5, 0.6) is 0 Å². The van der Waals surface area contributed by atoms with Crippen LogP contribution in [0.4, 0.5) is 5.00 Å². The summed E-state index contributed by atoms with van der Waals surface area (Å²) in [6, 6.07) is 16.2. The highest BCUT2D eigenvalue weighted by molar-refractivity contribution is 7.16. The summed E-state index contributed by atoms with van der Waals surface area (Å²) in [5, 5.41) is 14.7. The van der Waals surface area contributed by atoms with Crippen LogP contribution in [0.15, 0.2) is 53.3 Å². The van der Waals surface area contributed by atoms with E-state index in [1.165, 1.54) is 23.0 Å². The number of aromatic nitrogens is 1. The minimum Gasteiger partial charge on any atom is -0.451 e. The average Bonchev–Trinajstić information content (AvgIpc) is 3.29. The molecule has 0 bridgehead atoms. The first-order chi connectivity index (χ1) is 19.5. The van der Waals surface area contributed by atoms with Gasteiger partial charge in [0.2, 0.25) is 0 Å². The maximum absolute atomic E-state index is 13.5. The summed E-state index contributed by atoms with van der Waals surface area (Å²) in [4.78, 5) is 40.7. The van der Waals surface area contributed by atoms with Gasteiger partial charge in [-0.05, 0) is 65.3 Å². The van der Waals surface area contributed by atoms with Gasteiger partial charge < -0.3 is 14.6 Å². The maximum atomic E-state index is 13.5. The van der Waals surface area contributed by atoms with Crippen LogP contribution in [0.25, 0.3) is 21.9 Å². The molecule has 210 valence electrons. The third-order valence-electron chi connectivity index (χ3n) is 7.82. The first-order valence-electron chi connectivity index (χ1n) is 13.4. The van der Waals surface area contributed by atoms with E-state index in [-0.39, 0.29) is 16.7 Å². The van der Waals surface area contributed by atoms with Crippen molar-refractivity contribution in [2.75, 3.05) is 11.9 Å². The molecule has 1 atom stereocenters. The highest BCUT2D eigenvalue weighted by atomic mass is 35.5. The number of nitriles is 1. The molecule has 4 aromatic rings. The molecule has 2 aromatic heterocycles. The van der Waals surface area contributed by atoms with Gasteiger partial charge in [-0.25, -0.2) is 4.79 Å². The fourth-order valence-electron chi connectivity index (χ4n) is 5.51. The molecule has 1 unspecified atom stereocenters. The second-order valence-electron chi connectivity index (χ2n) is 11.4. The molecule has 1 amide bonds. The first kappa shape index (κ1) is 28.6. The van der Waals surface area contributed by atoms with Gasteiger partial charge in [-0.3, -0.25) is 9.59 Å². The van der Waals surface area contributed by atoms with Gasteiger partial charge in [-0.1, -0.05) is 62.7 Å². The van der Waals surface area contributed by atoms with Crippen LogP contribution in [-0.2, 0) is 29.4 Å². The number of esters is 1. The number of carbonyl (C=O) groups excluding carboxylic acids is 2. The lowest BCUT2D eigenvalue weighted by Crippen LogP contribution is -2.28. The van der Waals surface area contributed by atoms with E-state index in [4.69, 9.17) is 16.3 Å². The largest absolute Gasteiger partial charge is 0.451 e. The van der Waals surface area contributed by atoms with Crippen molar-refractivity contribution < 1.29 is 14.3 Å². The number of anilines is 1. The summed E-state index contributed by atoms with van der Waals surface area (Å²) in [5.74, 6) is -0.873. The van der Waals surface area contributed by atoms with Gasteiger partial charge in [-0.2, -0.15) is 5.26 Å². The minimum absolute atomic E-state index is 0.0290. The topological polar surface area (TPSA) is 101 Å². The Morgan fingerprint density at radius 1 is 1.15 bits per heavy atom. The van der Waals surface area contributed by atoms with Gasteiger partial charge >= 0.3 is 5.97 Å². The number of hydrogen-bond acceptors (Lipinski definition) is 6. The quantitative estimate of drug-likeness (QED) is 0.261. The fourth-order valence-corrected chi connectivity index (χ4v) is 6.93. The smallest absolute Gasteiger partial charge is 0.356 e. The van der Waals surface area contributed by atoms with Crippen LogP contribution in [0.3, 0.4) is 0 Å². The fraction of sp³-hybridized carbons (Fsp3) is 0.312. The van der Waals surface area contributed by atoms with E-state index in [1.54, 1.807) is 48.5 Å². The molecule has 5 rings (SSSR count). The molecule has 0 spiro atoms. The predicted molar refractivity (Wildman–Crippen MR) is 163 cm³/mol. The molecule has 41 heavy (non-hydrogen) atoms. The van der Waals surface area contributed by atoms with Crippen molar-refractivity contribution in [3.05, 3.63) is 85.6 Å². The van der Waals surface area contributed by atoms with E-state index in [9.17, 15) is 19.6 Å². The summed E-state index contributed by atoms with van der Waals surface area (Å²) < 4.78 is 6.70. The van der Waals surface area contributed by atoms with E-state index in [2.05, 4.69) is 32.2 Å². The number of halogens is 1. The van der Waals surface area contributed by atoms with Crippen molar-refractivity contribution in [3.8, 4) is 17.2 Å². The zero-order valence-corrected chi connectivity index (χ0v) is 24.9. The number of ether oxygens (including phenoxy) is 1. The van der Waals surface area contributed by atoms with Crippen LogP contribution < -0.4 is 10.9 Å². The first-order valence-corrected chi connectivity index (χ1v) is 14.6. The average molecular weight is 588 g/mol. The summed E-state index contributed by atoms with van der Waals surface area (Å²) in [5.41, 5.74) is 2.50. The zero-order valence-electron chi connectivity index (χ0n) is 23.3. The van der Waals surface area contributed by atoms with Gasteiger partial charge in [0.15, 0.2) is 6.61 Å². The molecule has 0 aliphatic heterocycles. The number of thiophene rings is 1. The predicted octanol–water partition coefficient (Wildman–Crippen LogP) is 6.74. The minimum atomic E-state index is -0.811. The summed E-state index contributed by atoms with van der Waals surface area (Å²) in [6.07, 6.45) is 2.66. The van der Waals surface area contributed by atoms with Crippen LogP contribution in [-0.4, -0.2) is 23.1 Å². The summed E-state index contributed by atoms with van der Waals surface area (Å²) in [7, 11) is 1.51. The molecule has 7 nitrogen and oxygen atoms in total. The summed E-state index contributed by atoms with van der Waals surface area (Å²) in [6.45, 7) is 6.10. The third-order valence-corrected chi connectivity index (χ3v) is 9.24. The van der Waals surface area contributed by atoms with Crippen molar-refractivity contribution in [1.82, 2.24) is 4.57 Å². The molecule has 1 N–H and O–H groups in total. The molecule has 0 saturated carbocycles. The Bertz CT molecular complexity index is 1770. The summed E-state index contributed by atoms with van der Waals surface area (Å²) >= 11 is 7.52. The lowest BCUT2D eigenvalue weighted by molar-refractivity contribution is -0.119. The van der Waals surface area contributed by atoms with Crippen molar-refractivity contribution in [2.45, 2.75) is 40.0 Å². The lowest BCUT2D eigenvalue weighted by atomic mass is 9.72. The molecule has 0 fully saturated rings. The van der Waals surface area contributed by atoms with Crippen LogP contribution in [0, 0.1) is 22.7 Å². The van der Waals surface area contributed by atoms with Gasteiger partial charge in [0, 0.05) is 27.9 Å². The van der Waals surface area contributed by atoms with E-state index in [1.807, 2.05) is 0 Å². The molecule has 0 radical (unpaired) electrons. The van der Waals surface area contributed by atoms with E-state index in [0.29, 0.717) is 43.4 Å². The number of amides is 1. The Morgan fingerprint density at radius 2 is 1.83 bits per heavy atom. The number of carbonyl (C=O) groups is 2. The highest BCUT2D eigenvalue weighted by Crippen LogP contribution is 2.44. The number of nitrogens with one attached hydrogen (secondary N) is 1. The molecule has 1 aliphatic carbocycles. The molecule has 2 aromatic carbocycles. The van der Waals surface area contributed by atoms with Crippen LogP contribution in [0.2, 0.25) is 5.02 Å². The Morgan fingerprint density at radius 3 is 2.49 bits per heavy atom. The Labute approximate surface area is 247 Å². The van der Waals surface area contributed by atoms with Crippen molar-refractivity contribution in [2.24, 2.45) is 18.4 Å². The second-order valence-corrected chi connectivity index (χ2v) is 12.9. The number of fused-ring (bicyclic) bond motifs is 2. The number of benzene rings is 2. The molecule has 2 heterocycles. The van der Waals surface area contributed by atoms with Gasteiger partial charge in [0.1, 0.15) is 16.8 Å². The van der Waals surface area contributed by atoms with E-state index in [0.717, 1.165) is 29.7 Å². The molecule has 0 saturated heterocycles. The van der Waals surface area contributed by atoms with Gasteiger partial charge in [-0.15, -0.1) is 11.3 Å². The normalized spacial score (nSPS) is 14.8. The molecular weight excluding hydrogens is 558 g/mol. The number of nitrogens with zero attached hydrogens (tertiary/aromatic N) is 2. The Balaban J connectivity index is 1.40. The molecule has 1 aliphatic rings. The SMILES string of the molecule is Cn1c(C(=O)OCC(=O)Nc2sc3c(c2C#N)CCC(C(C)(C)C)C3)c(-c2ccc(Cl)cc2)c2ccccc2c1=O. The van der Waals surface area contributed by atoms with Crippen molar-refractivity contribution in [1.29, 1.82) is 5.26 Å². The zero-order chi connectivity index (χ0) is 29.5. The monoisotopic (exact) mass is 587 g/mol. The third kappa shape index (κ3) is 5.52. The molecular formula is C32H30ClN3O4S. The number of pyridine rings is 1. The van der Waals surface area contributed by atoms with Crippen LogP contribution >= 0.6 is 22.9 Å². The molecule has 9 heteroatoms. The van der Waals surface area contributed by atoms with E-state index < -0.39 is 18.5 Å². The highest BCUT2D eigenvalue weighted by Gasteiger charge is 2.32. The number of rotatable bonds is 5. The van der Waals surface area contributed by atoms with Gasteiger partial charge in [0.25, 0.3) is 11.5 Å². The van der Waals surface area contributed by atoms with E-state index >= 15 is 0 Å². The van der Waals surface area contributed by atoms with Crippen molar-refractivity contribution >= 4 is 50.6 Å². The Hall–Kier alpha value is -3.93. The number of hydrogen-bond donors (Lipinski definition) is 1. The lowest BCUT2D eigenvalue weighted by Gasteiger charge is -2.33. The second kappa shape index (κ2) is 11.2. The Kier molecular flexibility index (Phi) is 7.78. The van der Waals surface area contributed by atoms with Gasteiger partial charge in [0.05, 0.1) is 5.56 Å².